The van der Waals surface area contributed by atoms with Crippen molar-refractivity contribution in [3.05, 3.63) is 65.0 Å². The summed E-state index contributed by atoms with van der Waals surface area (Å²) in [4.78, 5) is 19.8. The third-order valence-electron chi connectivity index (χ3n) is 5.30. The van der Waals surface area contributed by atoms with Gasteiger partial charge in [0, 0.05) is 42.3 Å². The van der Waals surface area contributed by atoms with Crippen LogP contribution in [0.3, 0.4) is 0 Å². The summed E-state index contributed by atoms with van der Waals surface area (Å²) in [5, 5.41) is 3.93. The minimum atomic E-state index is -0.275. The molecule has 1 aliphatic rings. The zero-order valence-corrected chi connectivity index (χ0v) is 16.0. The van der Waals surface area contributed by atoms with Gasteiger partial charge in [-0.2, -0.15) is 0 Å². The Morgan fingerprint density at radius 2 is 1.96 bits per heavy atom. The molecule has 1 atom stereocenters. The Morgan fingerprint density at radius 3 is 2.70 bits per heavy atom. The molecule has 140 valence electrons. The summed E-state index contributed by atoms with van der Waals surface area (Å²) in [5.41, 5.74) is 1.27. The van der Waals surface area contributed by atoms with Crippen LogP contribution in [-0.2, 0) is 0 Å². The van der Waals surface area contributed by atoms with Crippen LogP contribution in [0.5, 0.6) is 0 Å². The Bertz CT molecular complexity index is 935. The van der Waals surface area contributed by atoms with Gasteiger partial charge in [-0.25, -0.2) is 4.39 Å². The maximum Gasteiger partial charge on any atom is 0.261 e. The van der Waals surface area contributed by atoms with Crippen molar-refractivity contribution in [1.82, 2.24) is 15.2 Å². The lowest BCUT2D eigenvalue weighted by Crippen LogP contribution is -2.45. The molecule has 2 aromatic heterocycles. The van der Waals surface area contributed by atoms with Gasteiger partial charge in [-0.1, -0.05) is 0 Å². The zero-order valence-electron chi connectivity index (χ0n) is 15.2. The van der Waals surface area contributed by atoms with Crippen LogP contribution in [0.25, 0.3) is 10.1 Å². The summed E-state index contributed by atoms with van der Waals surface area (Å²) in [6.45, 7) is 4.11. The number of piperidine rings is 1. The molecule has 0 saturated carbocycles. The van der Waals surface area contributed by atoms with Gasteiger partial charge in [-0.15, -0.1) is 11.3 Å². The highest BCUT2D eigenvalue weighted by Crippen LogP contribution is 2.27. The van der Waals surface area contributed by atoms with E-state index in [1.54, 1.807) is 12.1 Å². The van der Waals surface area contributed by atoms with Crippen LogP contribution in [0, 0.1) is 5.82 Å². The first kappa shape index (κ1) is 18.1. The molecule has 4 rings (SSSR count). The number of benzene rings is 1. The fourth-order valence-corrected chi connectivity index (χ4v) is 4.61. The summed E-state index contributed by atoms with van der Waals surface area (Å²) in [6, 6.07) is 11.1. The molecule has 0 bridgehead atoms. The fraction of sp³-hybridized carbons (Fsp3) is 0.333. The Balaban J connectivity index is 1.35. The first-order valence-electron chi connectivity index (χ1n) is 9.24. The third kappa shape index (κ3) is 4.01. The molecule has 0 aliphatic carbocycles. The molecule has 1 aliphatic heterocycles. The largest absolute Gasteiger partial charge is 0.349 e. The van der Waals surface area contributed by atoms with Gasteiger partial charge in [0.15, 0.2) is 0 Å². The molecule has 0 spiro atoms. The second-order valence-corrected chi connectivity index (χ2v) is 8.12. The number of amides is 1. The van der Waals surface area contributed by atoms with Crippen molar-refractivity contribution >= 4 is 27.3 Å². The highest BCUT2D eigenvalue weighted by atomic mass is 32.1. The molecule has 6 heteroatoms. The Kier molecular flexibility index (Phi) is 5.18. The van der Waals surface area contributed by atoms with Crippen molar-refractivity contribution in [2.45, 2.75) is 31.8 Å². The van der Waals surface area contributed by atoms with E-state index in [1.807, 2.05) is 12.4 Å². The minimum absolute atomic E-state index is 0.0581. The van der Waals surface area contributed by atoms with E-state index in [-0.39, 0.29) is 17.8 Å². The van der Waals surface area contributed by atoms with Crippen molar-refractivity contribution in [2.24, 2.45) is 0 Å². The van der Waals surface area contributed by atoms with Crippen LogP contribution in [0.2, 0.25) is 0 Å². The van der Waals surface area contributed by atoms with Gasteiger partial charge < -0.3 is 5.32 Å². The third-order valence-corrected chi connectivity index (χ3v) is 6.42. The Hall–Kier alpha value is -2.31. The maximum atomic E-state index is 13.3. The van der Waals surface area contributed by atoms with E-state index in [9.17, 15) is 9.18 Å². The minimum Gasteiger partial charge on any atom is -0.349 e. The molecule has 1 fully saturated rings. The van der Waals surface area contributed by atoms with Crippen LogP contribution in [0.1, 0.15) is 41.0 Å². The van der Waals surface area contributed by atoms with Crippen LogP contribution in [0.15, 0.2) is 48.8 Å². The summed E-state index contributed by atoms with van der Waals surface area (Å²) in [5.74, 6) is -0.333. The lowest BCUT2D eigenvalue weighted by Gasteiger charge is -2.36. The van der Waals surface area contributed by atoms with Crippen molar-refractivity contribution in [1.29, 1.82) is 0 Å². The van der Waals surface area contributed by atoms with Gasteiger partial charge in [0.1, 0.15) is 5.82 Å². The molecular weight excluding hydrogens is 361 g/mol. The monoisotopic (exact) mass is 383 g/mol. The number of likely N-dealkylation sites (tertiary alicyclic amines) is 1. The van der Waals surface area contributed by atoms with Crippen molar-refractivity contribution in [2.75, 3.05) is 13.1 Å². The Morgan fingerprint density at radius 1 is 1.22 bits per heavy atom. The summed E-state index contributed by atoms with van der Waals surface area (Å²) in [7, 11) is 0. The predicted molar refractivity (Wildman–Crippen MR) is 106 cm³/mol. The standard InChI is InChI=1S/C21H22FN3OS/c1-14(15-4-8-23-9-5-15)25-10-6-18(7-11-25)24-21(26)20-13-16-12-17(22)2-3-19(16)27-20/h2-5,8-9,12-14,18H,6-7,10-11H2,1H3,(H,24,26)/t14-/m1/s1. The molecule has 0 unspecified atom stereocenters. The summed E-state index contributed by atoms with van der Waals surface area (Å²) < 4.78 is 14.3. The average molecular weight is 383 g/mol. The number of rotatable bonds is 4. The van der Waals surface area contributed by atoms with Crippen molar-refractivity contribution in [3.8, 4) is 0 Å². The first-order valence-corrected chi connectivity index (χ1v) is 10.1. The van der Waals surface area contributed by atoms with E-state index in [4.69, 9.17) is 0 Å². The molecule has 1 N–H and O–H groups in total. The molecule has 1 amide bonds. The average Bonchev–Trinajstić information content (AvgIpc) is 3.12. The normalized spacial score (nSPS) is 17.1. The van der Waals surface area contributed by atoms with Crippen molar-refractivity contribution < 1.29 is 9.18 Å². The van der Waals surface area contributed by atoms with E-state index >= 15 is 0 Å². The number of carbonyl (C=O) groups excluding carboxylic acids is 1. The molecule has 4 nitrogen and oxygen atoms in total. The molecule has 1 aromatic carbocycles. The Labute approximate surface area is 162 Å². The number of hydrogen-bond acceptors (Lipinski definition) is 4. The van der Waals surface area contributed by atoms with E-state index in [1.165, 1.54) is 29.0 Å². The molecular formula is C21H22FN3OS. The van der Waals surface area contributed by atoms with E-state index < -0.39 is 0 Å². The van der Waals surface area contributed by atoms with Gasteiger partial charge in [0.2, 0.25) is 0 Å². The second kappa shape index (κ2) is 7.74. The quantitative estimate of drug-likeness (QED) is 0.727. The summed E-state index contributed by atoms with van der Waals surface area (Å²) in [6.07, 6.45) is 5.52. The second-order valence-electron chi connectivity index (χ2n) is 7.03. The number of pyridine rings is 1. The van der Waals surface area contributed by atoms with Crippen LogP contribution >= 0.6 is 11.3 Å². The lowest BCUT2D eigenvalue weighted by molar-refractivity contribution is 0.0900. The predicted octanol–water partition coefficient (Wildman–Crippen LogP) is 4.39. The lowest BCUT2D eigenvalue weighted by atomic mass is 10.0. The molecule has 27 heavy (non-hydrogen) atoms. The highest BCUT2D eigenvalue weighted by molar-refractivity contribution is 7.20. The van der Waals surface area contributed by atoms with Crippen LogP contribution < -0.4 is 5.32 Å². The van der Waals surface area contributed by atoms with E-state index in [2.05, 4.69) is 34.3 Å². The number of nitrogens with one attached hydrogen (secondary N) is 1. The molecule has 1 saturated heterocycles. The van der Waals surface area contributed by atoms with Crippen LogP contribution in [0.4, 0.5) is 4.39 Å². The van der Waals surface area contributed by atoms with E-state index in [0.29, 0.717) is 10.9 Å². The number of thiophene rings is 1. The maximum absolute atomic E-state index is 13.3. The SMILES string of the molecule is C[C@H](c1ccncc1)N1CCC(NC(=O)c2cc3cc(F)ccc3s2)CC1. The number of aromatic nitrogens is 1. The molecule has 3 heterocycles. The van der Waals surface area contributed by atoms with Crippen molar-refractivity contribution in [3.63, 3.8) is 0 Å². The molecule has 0 radical (unpaired) electrons. The topological polar surface area (TPSA) is 45.2 Å². The number of hydrogen-bond donors (Lipinski definition) is 1. The zero-order chi connectivity index (χ0) is 18.8. The smallest absolute Gasteiger partial charge is 0.261 e. The number of fused-ring (bicyclic) bond motifs is 1. The number of carbonyl (C=O) groups is 1. The van der Waals surface area contributed by atoms with E-state index in [0.717, 1.165) is 36.0 Å². The van der Waals surface area contributed by atoms with Gasteiger partial charge >= 0.3 is 0 Å². The first-order chi connectivity index (χ1) is 13.1. The van der Waals surface area contributed by atoms with Crippen LogP contribution in [-0.4, -0.2) is 34.9 Å². The van der Waals surface area contributed by atoms with Gasteiger partial charge in [0.05, 0.1) is 4.88 Å². The summed E-state index contributed by atoms with van der Waals surface area (Å²) >= 11 is 1.41. The van der Waals surface area contributed by atoms with Gasteiger partial charge in [-0.05, 0) is 67.1 Å². The fourth-order valence-electron chi connectivity index (χ4n) is 3.67. The molecule has 3 aromatic rings. The number of nitrogens with zero attached hydrogens (tertiary/aromatic N) is 2. The van der Waals surface area contributed by atoms with Gasteiger partial charge in [-0.3, -0.25) is 14.7 Å². The van der Waals surface area contributed by atoms with Gasteiger partial charge in [0.25, 0.3) is 5.91 Å². The highest BCUT2D eigenvalue weighted by Gasteiger charge is 2.25. The number of halogens is 1.